The summed E-state index contributed by atoms with van der Waals surface area (Å²) in [6.45, 7) is 3.11. The maximum Gasteiger partial charge on any atom is 0.459 e. The molecule has 1 aromatic carbocycles. The molecule has 0 spiro atoms. The van der Waals surface area contributed by atoms with Gasteiger partial charge in [-0.05, 0) is 32.9 Å². The van der Waals surface area contributed by atoms with Gasteiger partial charge >= 0.3 is 13.7 Å². The number of benzene rings is 1. The maximum atomic E-state index is 16.1. The van der Waals surface area contributed by atoms with Crippen molar-refractivity contribution in [2.24, 2.45) is 0 Å². The number of ether oxygens (including phenoxy) is 1. The summed E-state index contributed by atoms with van der Waals surface area (Å²) in [4.78, 5) is 23.8. The number of fused-ring (bicyclic) bond motifs is 1. The van der Waals surface area contributed by atoms with Crippen molar-refractivity contribution < 1.29 is 37.7 Å². The highest BCUT2D eigenvalue weighted by molar-refractivity contribution is 7.52. The number of para-hydroxylation sites is 1. The van der Waals surface area contributed by atoms with Gasteiger partial charge in [0.05, 0.1) is 12.9 Å². The van der Waals surface area contributed by atoms with E-state index in [0.29, 0.717) is 11.3 Å². The molecule has 0 radical (unpaired) electrons. The summed E-state index contributed by atoms with van der Waals surface area (Å²) in [6, 6.07) is 6.62. The smallest absolute Gasteiger partial charge is 0.459 e. The van der Waals surface area contributed by atoms with Gasteiger partial charge in [0.15, 0.2) is 28.9 Å². The zero-order valence-electron chi connectivity index (χ0n) is 21.0. The van der Waals surface area contributed by atoms with Crippen LogP contribution in [0.2, 0.25) is 0 Å². The Morgan fingerprint density at radius 1 is 1.34 bits per heavy atom. The van der Waals surface area contributed by atoms with E-state index < -0.39 is 50.0 Å². The number of hydrogen-bond donors (Lipinski definition) is 5. The van der Waals surface area contributed by atoms with Crippen LogP contribution in [0.3, 0.4) is 0 Å². The Bertz CT molecular complexity index is 1370. The zero-order valence-corrected chi connectivity index (χ0v) is 21.9. The van der Waals surface area contributed by atoms with Crippen molar-refractivity contribution in [3.63, 3.8) is 0 Å². The average molecular weight is 553 g/mol. The molecule has 16 heteroatoms. The Hall–Kier alpha value is -3.36. The number of nitrogens with two attached hydrogens (primary N) is 1. The minimum absolute atomic E-state index is 0.0913. The third kappa shape index (κ3) is 5.15. The third-order valence-corrected chi connectivity index (χ3v) is 7.74. The SMILES string of the molecule is CNc1nc(N)nc2c1ncn2[C@@H]1O[C@](C)(COP(=O)(N[C@@H](C)C(=O)O)Oc2ccccc2)[C@@H](O)[C@@]1(C)F. The lowest BCUT2D eigenvalue weighted by atomic mass is 9.90. The molecule has 1 fully saturated rings. The average Bonchev–Trinajstić information content (AvgIpc) is 3.35. The van der Waals surface area contributed by atoms with Gasteiger partial charge < -0.3 is 30.5 Å². The minimum atomic E-state index is -4.36. The number of carbonyl (C=O) groups is 1. The number of aliphatic hydroxyl groups excluding tert-OH is 1. The van der Waals surface area contributed by atoms with Gasteiger partial charge in [-0.2, -0.15) is 15.1 Å². The Morgan fingerprint density at radius 3 is 2.66 bits per heavy atom. The highest BCUT2D eigenvalue weighted by Crippen LogP contribution is 2.51. The van der Waals surface area contributed by atoms with E-state index in [9.17, 15) is 19.6 Å². The number of aromatic nitrogens is 4. The van der Waals surface area contributed by atoms with Gasteiger partial charge in [-0.15, -0.1) is 0 Å². The summed E-state index contributed by atoms with van der Waals surface area (Å²) < 4.78 is 47.9. The van der Waals surface area contributed by atoms with Crippen LogP contribution in [0, 0.1) is 0 Å². The van der Waals surface area contributed by atoms with Gasteiger partial charge in [0.2, 0.25) is 5.95 Å². The summed E-state index contributed by atoms with van der Waals surface area (Å²) in [6.07, 6.45) is -1.96. The minimum Gasteiger partial charge on any atom is -0.480 e. The van der Waals surface area contributed by atoms with Crippen LogP contribution < -0.4 is 20.7 Å². The Kier molecular flexibility index (Phi) is 7.34. The number of hydrogen-bond acceptors (Lipinski definition) is 11. The van der Waals surface area contributed by atoms with Gasteiger partial charge in [-0.3, -0.25) is 13.9 Å². The molecule has 2 aromatic heterocycles. The van der Waals surface area contributed by atoms with E-state index >= 15 is 4.39 Å². The number of carboxylic acid groups (broad SMARTS) is 1. The van der Waals surface area contributed by atoms with E-state index in [2.05, 4.69) is 25.4 Å². The first-order chi connectivity index (χ1) is 17.8. The second kappa shape index (κ2) is 10.1. The van der Waals surface area contributed by atoms with E-state index in [-0.39, 0.29) is 17.3 Å². The fourth-order valence-electron chi connectivity index (χ4n) is 4.10. The molecule has 1 aliphatic rings. The number of aliphatic carboxylic acids is 1. The summed E-state index contributed by atoms with van der Waals surface area (Å²) >= 11 is 0. The first kappa shape index (κ1) is 27.7. The standard InChI is InChI=1S/C22H29FN7O7P/c1-12(17(31)32)29-38(34,37-13-8-6-5-7-9-13)35-10-21(2)18(33)22(3,23)19(36-21)30-11-26-14-15(25-4)27-20(24)28-16(14)30/h5-9,11-12,18-19,33H,10H2,1-4H3,(H,29,34)(H,31,32)(H3,24,25,27,28)/t12-,18+,19+,21+,22+,38?/m0/s1. The number of nitrogens with zero attached hydrogens (tertiary/aromatic N) is 4. The molecular weight excluding hydrogens is 524 g/mol. The highest BCUT2D eigenvalue weighted by Gasteiger charge is 2.62. The molecule has 1 aliphatic heterocycles. The third-order valence-electron chi connectivity index (χ3n) is 6.12. The number of nitrogen functional groups attached to an aromatic ring is 1. The monoisotopic (exact) mass is 553 g/mol. The molecule has 6 atom stereocenters. The number of alkyl halides is 1. The topological polar surface area (TPSA) is 196 Å². The fraction of sp³-hybridized carbons (Fsp3) is 0.455. The number of nitrogens with one attached hydrogen (secondary N) is 2. The lowest BCUT2D eigenvalue weighted by Crippen LogP contribution is -2.48. The molecular formula is C22H29FN7O7P. The second-order valence-corrected chi connectivity index (χ2v) is 10.9. The van der Waals surface area contributed by atoms with Crippen LogP contribution >= 0.6 is 7.75 Å². The van der Waals surface area contributed by atoms with Crippen molar-refractivity contribution in [1.82, 2.24) is 24.6 Å². The zero-order chi connectivity index (χ0) is 27.9. The molecule has 4 rings (SSSR count). The second-order valence-electron chi connectivity index (χ2n) is 9.21. The van der Waals surface area contributed by atoms with Crippen LogP contribution in [0.4, 0.5) is 16.2 Å². The molecule has 1 unspecified atom stereocenters. The van der Waals surface area contributed by atoms with Crippen LogP contribution in [0.15, 0.2) is 36.7 Å². The molecule has 0 saturated carbocycles. The first-order valence-electron chi connectivity index (χ1n) is 11.5. The number of halogens is 1. The number of aliphatic hydroxyl groups is 1. The summed E-state index contributed by atoms with van der Waals surface area (Å²) in [7, 11) is -2.75. The maximum absolute atomic E-state index is 16.1. The van der Waals surface area contributed by atoms with Crippen molar-refractivity contribution in [2.75, 3.05) is 24.7 Å². The Morgan fingerprint density at radius 2 is 2.03 bits per heavy atom. The molecule has 0 bridgehead atoms. The van der Waals surface area contributed by atoms with E-state index in [4.69, 9.17) is 19.5 Å². The van der Waals surface area contributed by atoms with Crippen molar-refractivity contribution in [3.8, 4) is 5.75 Å². The van der Waals surface area contributed by atoms with Crippen LogP contribution in [-0.4, -0.2) is 72.8 Å². The number of imidazole rings is 1. The predicted octanol–water partition coefficient (Wildman–Crippen LogP) is 2.09. The Labute approximate surface area is 216 Å². The molecule has 0 aliphatic carbocycles. The van der Waals surface area contributed by atoms with Gasteiger partial charge in [0.25, 0.3) is 0 Å². The van der Waals surface area contributed by atoms with Crippen molar-refractivity contribution in [3.05, 3.63) is 36.7 Å². The molecule has 38 heavy (non-hydrogen) atoms. The molecule has 6 N–H and O–H groups in total. The molecule has 3 heterocycles. The van der Waals surface area contributed by atoms with Crippen LogP contribution in [0.5, 0.6) is 5.75 Å². The summed E-state index contributed by atoms with van der Waals surface area (Å²) in [5.41, 5.74) is 2.08. The summed E-state index contributed by atoms with van der Waals surface area (Å²) in [5.74, 6) is -0.949. The summed E-state index contributed by atoms with van der Waals surface area (Å²) in [5, 5.41) is 25.5. The van der Waals surface area contributed by atoms with Crippen LogP contribution in [0.1, 0.15) is 27.0 Å². The molecule has 206 valence electrons. The number of carboxylic acids is 1. The van der Waals surface area contributed by atoms with E-state index in [1.165, 1.54) is 36.9 Å². The van der Waals surface area contributed by atoms with E-state index in [1.807, 2.05) is 0 Å². The van der Waals surface area contributed by atoms with Gasteiger partial charge in [0, 0.05) is 7.05 Å². The molecule has 14 nitrogen and oxygen atoms in total. The first-order valence-corrected chi connectivity index (χ1v) is 13.1. The number of anilines is 2. The van der Waals surface area contributed by atoms with E-state index in [1.54, 1.807) is 25.2 Å². The lowest BCUT2D eigenvalue weighted by molar-refractivity contribution is -0.138. The predicted molar refractivity (Wildman–Crippen MR) is 134 cm³/mol. The van der Waals surface area contributed by atoms with E-state index in [0.717, 1.165) is 6.92 Å². The highest BCUT2D eigenvalue weighted by atomic mass is 31.2. The molecule has 0 amide bonds. The van der Waals surface area contributed by atoms with Crippen molar-refractivity contribution >= 4 is 36.6 Å². The lowest BCUT2D eigenvalue weighted by Gasteiger charge is -2.30. The molecule has 1 saturated heterocycles. The van der Waals surface area contributed by atoms with Gasteiger partial charge in [-0.25, -0.2) is 13.9 Å². The van der Waals surface area contributed by atoms with Crippen molar-refractivity contribution in [2.45, 2.75) is 50.4 Å². The van der Waals surface area contributed by atoms with Gasteiger partial charge in [0.1, 0.15) is 23.5 Å². The molecule has 3 aromatic rings. The quantitative estimate of drug-likeness (QED) is 0.229. The van der Waals surface area contributed by atoms with Crippen LogP contribution in [-0.2, 0) is 18.6 Å². The van der Waals surface area contributed by atoms with Crippen molar-refractivity contribution in [1.29, 1.82) is 0 Å². The van der Waals surface area contributed by atoms with Gasteiger partial charge in [-0.1, -0.05) is 18.2 Å². The number of rotatable bonds is 10. The Balaban J connectivity index is 1.63. The fourth-order valence-corrected chi connectivity index (χ4v) is 5.69. The van der Waals surface area contributed by atoms with Crippen LogP contribution in [0.25, 0.3) is 11.2 Å². The normalized spacial score (nSPS) is 27.6. The largest absolute Gasteiger partial charge is 0.480 e.